The lowest BCUT2D eigenvalue weighted by Gasteiger charge is -2.13. The molecule has 1 amide bonds. The monoisotopic (exact) mass is 361 g/mol. The molecule has 0 bridgehead atoms. The van der Waals surface area contributed by atoms with Gasteiger partial charge in [-0.15, -0.1) is 0 Å². The zero-order chi connectivity index (χ0) is 18.9. The molecule has 138 valence electrons. The minimum atomic E-state index is -0.185. The summed E-state index contributed by atoms with van der Waals surface area (Å²) in [7, 11) is 0. The molecular weight excluding hydrogens is 338 g/mol. The van der Waals surface area contributed by atoms with Gasteiger partial charge in [-0.3, -0.25) is 4.79 Å². The third kappa shape index (κ3) is 5.11. The number of hydrogen-bond acceptors (Lipinski definition) is 3. The van der Waals surface area contributed by atoms with E-state index in [1.807, 2.05) is 66.7 Å². The Morgan fingerprint density at radius 3 is 2.30 bits per heavy atom. The van der Waals surface area contributed by atoms with Crippen LogP contribution in [0.5, 0.6) is 11.5 Å². The van der Waals surface area contributed by atoms with Crippen LogP contribution < -0.4 is 14.8 Å². The van der Waals surface area contributed by atoms with Crippen molar-refractivity contribution >= 4 is 11.6 Å². The van der Waals surface area contributed by atoms with Gasteiger partial charge in [0.05, 0.1) is 5.56 Å². The van der Waals surface area contributed by atoms with Gasteiger partial charge in [0.15, 0.2) is 0 Å². The molecule has 0 spiro atoms. The van der Waals surface area contributed by atoms with Crippen molar-refractivity contribution in [1.29, 1.82) is 0 Å². The Labute approximate surface area is 159 Å². The highest BCUT2D eigenvalue weighted by molar-refractivity contribution is 6.06. The molecule has 0 unspecified atom stereocenters. The first kappa shape index (κ1) is 18.5. The number of para-hydroxylation sites is 3. The summed E-state index contributed by atoms with van der Waals surface area (Å²) >= 11 is 0. The molecule has 27 heavy (non-hydrogen) atoms. The molecule has 0 radical (unpaired) electrons. The fourth-order valence-electron chi connectivity index (χ4n) is 2.75. The maximum Gasteiger partial charge on any atom is 0.259 e. The number of hydrogen-bond donors (Lipinski definition) is 1. The highest BCUT2D eigenvalue weighted by Crippen LogP contribution is 2.22. The fraction of sp³-hybridized carbons (Fsp3) is 0.174. The molecule has 0 aliphatic heterocycles. The zero-order valence-corrected chi connectivity index (χ0v) is 15.4. The van der Waals surface area contributed by atoms with E-state index in [1.165, 1.54) is 0 Å². The van der Waals surface area contributed by atoms with Crippen molar-refractivity contribution in [2.24, 2.45) is 0 Å². The lowest BCUT2D eigenvalue weighted by molar-refractivity contribution is 0.102. The van der Waals surface area contributed by atoms with E-state index in [4.69, 9.17) is 9.47 Å². The summed E-state index contributed by atoms with van der Waals surface area (Å²) < 4.78 is 11.4. The van der Waals surface area contributed by atoms with E-state index in [9.17, 15) is 4.79 Å². The van der Waals surface area contributed by atoms with Gasteiger partial charge in [0.2, 0.25) is 0 Å². The lowest BCUT2D eigenvalue weighted by atomic mass is 10.1. The molecular formula is C23H23NO3. The maximum absolute atomic E-state index is 12.7. The first-order chi connectivity index (χ1) is 13.3. The second-order valence-corrected chi connectivity index (χ2v) is 5.97. The average molecular weight is 361 g/mol. The van der Waals surface area contributed by atoms with Gasteiger partial charge in [0.1, 0.15) is 24.7 Å². The van der Waals surface area contributed by atoms with Crippen molar-refractivity contribution in [3.63, 3.8) is 0 Å². The minimum Gasteiger partial charge on any atom is -0.490 e. The van der Waals surface area contributed by atoms with E-state index in [0.717, 1.165) is 23.4 Å². The SMILES string of the molecule is CCc1ccccc1NC(=O)c1ccccc1OCCOc1ccccc1. The summed E-state index contributed by atoms with van der Waals surface area (Å²) in [5.74, 6) is 1.15. The van der Waals surface area contributed by atoms with Crippen LogP contribution in [0.2, 0.25) is 0 Å². The number of carbonyl (C=O) groups excluding carboxylic acids is 1. The number of carbonyl (C=O) groups is 1. The van der Waals surface area contributed by atoms with Crippen LogP contribution in [0.4, 0.5) is 5.69 Å². The van der Waals surface area contributed by atoms with Crippen molar-refractivity contribution in [2.45, 2.75) is 13.3 Å². The van der Waals surface area contributed by atoms with Crippen LogP contribution in [-0.2, 0) is 6.42 Å². The second-order valence-electron chi connectivity index (χ2n) is 5.97. The van der Waals surface area contributed by atoms with E-state index >= 15 is 0 Å². The van der Waals surface area contributed by atoms with E-state index in [0.29, 0.717) is 24.5 Å². The number of anilines is 1. The summed E-state index contributed by atoms with van der Waals surface area (Å²) in [5, 5.41) is 2.98. The number of rotatable bonds is 8. The topological polar surface area (TPSA) is 47.6 Å². The van der Waals surface area contributed by atoms with Crippen molar-refractivity contribution in [1.82, 2.24) is 0 Å². The van der Waals surface area contributed by atoms with Crippen molar-refractivity contribution in [2.75, 3.05) is 18.5 Å². The first-order valence-electron chi connectivity index (χ1n) is 9.07. The molecule has 3 aromatic carbocycles. The van der Waals surface area contributed by atoms with Gasteiger partial charge in [-0.25, -0.2) is 0 Å². The zero-order valence-electron chi connectivity index (χ0n) is 15.4. The van der Waals surface area contributed by atoms with Crippen LogP contribution in [0.15, 0.2) is 78.9 Å². The van der Waals surface area contributed by atoms with Crippen LogP contribution >= 0.6 is 0 Å². The van der Waals surface area contributed by atoms with Crippen molar-refractivity contribution in [3.05, 3.63) is 90.0 Å². The molecule has 4 nitrogen and oxygen atoms in total. The molecule has 0 saturated carbocycles. The Kier molecular flexibility index (Phi) is 6.47. The molecule has 0 atom stereocenters. The Morgan fingerprint density at radius 2 is 1.48 bits per heavy atom. The van der Waals surface area contributed by atoms with Crippen molar-refractivity contribution in [3.8, 4) is 11.5 Å². The van der Waals surface area contributed by atoms with E-state index in [2.05, 4.69) is 12.2 Å². The van der Waals surface area contributed by atoms with Crippen molar-refractivity contribution < 1.29 is 14.3 Å². The smallest absolute Gasteiger partial charge is 0.259 e. The van der Waals surface area contributed by atoms with Gasteiger partial charge in [-0.05, 0) is 42.3 Å². The van der Waals surface area contributed by atoms with Crippen LogP contribution in [0.3, 0.4) is 0 Å². The lowest BCUT2D eigenvalue weighted by Crippen LogP contribution is -2.16. The van der Waals surface area contributed by atoms with Crippen LogP contribution in [0, 0.1) is 0 Å². The van der Waals surface area contributed by atoms with Crippen LogP contribution in [0.1, 0.15) is 22.8 Å². The average Bonchev–Trinajstić information content (AvgIpc) is 2.72. The molecule has 0 heterocycles. The highest BCUT2D eigenvalue weighted by atomic mass is 16.5. The molecule has 4 heteroatoms. The standard InChI is InChI=1S/C23H23NO3/c1-2-18-10-6-8-14-21(18)24-23(25)20-13-7-9-15-22(20)27-17-16-26-19-11-4-3-5-12-19/h3-15H,2,16-17H2,1H3,(H,24,25). The van der Waals surface area contributed by atoms with Gasteiger partial charge < -0.3 is 14.8 Å². The summed E-state index contributed by atoms with van der Waals surface area (Å²) in [6.45, 7) is 2.82. The number of aryl methyl sites for hydroxylation is 1. The molecule has 0 saturated heterocycles. The van der Waals surface area contributed by atoms with E-state index < -0.39 is 0 Å². The minimum absolute atomic E-state index is 0.185. The summed E-state index contributed by atoms with van der Waals surface area (Å²) in [4.78, 5) is 12.7. The molecule has 0 aromatic heterocycles. The molecule has 0 aliphatic carbocycles. The third-order valence-corrected chi connectivity index (χ3v) is 4.13. The maximum atomic E-state index is 12.7. The Morgan fingerprint density at radius 1 is 0.815 bits per heavy atom. The summed E-state index contributed by atoms with van der Waals surface area (Å²) in [6, 6.07) is 24.6. The van der Waals surface area contributed by atoms with E-state index in [-0.39, 0.29) is 5.91 Å². The molecule has 0 aliphatic rings. The molecule has 1 N–H and O–H groups in total. The second kappa shape index (κ2) is 9.43. The quantitative estimate of drug-likeness (QED) is 0.577. The first-order valence-corrected chi connectivity index (χ1v) is 9.07. The fourth-order valence-corrected chi connectivity index (χ4v) is 2.75. The van der Waals surface area contributed by atoms with Gasteiger partial charge in [-0.1, -0.05) is 55.5 Å². The molecule has 3 rings (SSSR count). The van der Waals surface area contributed by atoms with Gasteiger partial charge in [0.25, 0.3) is 5.91 Å². The number of ether oxygens (including phenoxy) is 2. The normalized spacial score (nSPS) is 10.3. The highest BCUT2D eigenvalue weighted by Gasteiger charge is 2.13. The third-order valence-electron chi connectivity index (χ3n) is 4.13. The largest absolute Gasteiger partial charge is 0.490 e. The number of benzene rings is 3. The van der Waals surface area contributed by atoms with Crippen LogP contribution in [0.25, 0.3) is 0 Å². The molecule has 0 fully saturated rings. The predicted octanol–water partition coefficient (Wildman–Crippen LogP) is 4.96. The Bertz CT molecular complexity index is 878. The van der Waals surface area contributed by atoms with Gasteiger partial charge >= 0.3 is 0 Å². The number of amides is 1. The summed E-state index contributed by atoms with van der Waals surface area (Å²) in [6.07, 6.45) is 0.853. The Balaban J connectivity index is 1.62. The van der Waals surface area contributed by atoms with Gasteiger partial charge in [0, 0.05) is 5.69 Å². The Hall–Kier alpha value is -3.27. The molecule has 3 aromatic rings. The van der Waals surface area contributed by atoms with Crippen LogP contribution in [-0.4, -0.2) is 19.1 Å². The van der Waals surface area contributed by atoms with E-state index in [1.54, 1.807) is 12.1 Å². The predicted molar refractivity (Wildman–Crippen MR) is 108 cm³/mol. The summed E-state index contributed by atoms with van der Waals surface area (Å²) in [5.41, 5.74) is 2.43. The number of nitrogens with one attached hydrogen (secondary N) is 1. The van der Waals surface area contributed by atoms with Gasteiger partial charge in [-0.2, -0.15) is 0 Å².